The first-order chi connectivity index (χ1) is 6.09. The van der Waals surface area contributed by atoms with Crippen molar-refractivity contribution in [2.45, 2.75) is 52.9 Å². The molecule has 2 rings (SSSR count). The molecule has 0 N–H and O–H groups in total. The Kier molecular flexibility index (Phi) is 3.95. The highest BCUT2D eigenvalue weighted by Crippen LogP contribution is 2.49. The summed E-state index contributed by atoms with van der Waals surface area (Å²) < 4.78 is 0. The Hall–Kier alpha value is -0.330. The molecule has 2 aliphatic carbocycles. The summed E-state index contributed by atoms with van der Waals surface area (Å²) in [6.45, 7) is 5.71. The lowest BCUT2D eigenvalue weighted by Gasteiger charge is -2.46. The number of Topliss-reactive ketones (excluding diaryl/α,β-unsaturated/α-hetero) is 1. The molecule has 2 aliphatic rings. The normalized spacial score (nSPS) is 29.2. The number of carbonyl (C=O) groups is 1. The van der Waals surface area contributed by atoms with Crippen LogP contribution in [0.2, 0.25) is 0 Å². The maximum atomic E-state index is 10.3. The average Bonchev–Trinajstić information content (AvgIpc) is 1.95. The molecule has 0 bridgehead atoms. The van der Waals surface area contributed by atoms with Crippen LogP contribution in [0.1, 0.15) is 52.9 Å². The predicted octanol–water partition coefficient (Wildman–Crippen LogP) is 3.43. The lowest BCUT2D eigenvalue weighted by Crippen LogP contribution is -2.34. The standard InChI is InChI=1S/C6H12O.C6H10/c1-5(2)4-6(3)7;1-2-6-4-3-5(1)6/h5H,4H2,1-3H3;5-6H,1-4H2. The Morgan fingerprint density at radius 1 is 1.15 bits per heavy atom. The first-order valence-electron chi connectivity index (χ1n) is 5.59. The molecule has 0 spiro atoms. The number of hydrogen-bond donors (Lipinski definition) is 0. The second-order valence-corrected chi connectivity index (χ2v) is 4.97. The Labute approximate surface area is 81.9 Å². The molecule has 1 nitrogen and oxygen atoms in total. The summed E-state index contributed by atoms with van der Waals surface area (Å²) in [7, 11) is 0. The van der Waals surface area contributed by atoms with Gasteiger partial charge in [-0.2, -0.15) is 0 Å². The van der Waals surface area contributed by atoms with Crippen LogP contribution in [-0.2, 0) is 4.79 Å². The summed E-state index contributed by atoms with van der Waals surface area (Å²) in [5, 5.41) is 0. The minimum absolute atomic E-state index is 0.287. The fourth-order valence-electron chi connectivity index (χ4n) is 2.14. The van der Waals surface area contributed by atoms with Crippen molar-refractivity contribution in [2.24, 2.45) is 17.8 Å². The van der Waals surface area contributed by atoms with Gasteiger partial charge in [-0.15, -0.1) is 0 Å². The van der Waals surface area contributed by atoms with Gasteiger partial charge in [0, 0.05) is 6.42 Å². The summed E-state index contributed by atoms with van der Waals surface area (Å²) in [6, 6.07) is 0. The fourth-order valence-corrected chi connectivity index (χ4v) is 2.14. The molecule has 0 aliphatic heterocycles. The van der Waals surface area contributed by atoms with Crippen LogP contribution >= 0.6 is 0 Å². The van der Waals surface area contributed by atoms with E-state index in [4.69, 9.17) is 0 Å². The van der Waals surface area contributed by atoms with Crippen LogP contribution in [0, 0.1) is 17.8 Å². The van der Waals surface area contributed by atoms with Gasteiger partial charge in [0.1, 0.15) is 5.78 Å². The van der Waals surface area contributed by atoms with E-state index in [1.165, 1.54) is 11.8 Å². The summed E-state index contributed by atoms with van der Waals surface area (Å²) in [5.41, 5.74) is 0. The molecular formula is C12H22O. The van der Waals surface area contributed by atoms with Crippen LogP contribution in [0.15, 0.2) is 0 Å². The van der Waals surface area contributed by atoms with Gasteiger partial charge in [0.15, 0.2) is 0 Å². The molecule has 0 unspecified atom stereocenters. The zero-order chi connectivity index (χ0) is 9.84. The molecule has 0 heterocycles. The average molecular weight is 182 g/mol. The van der Waals surface area contributed by atoms with Crippen LogP contribution < -0.4 is 0 Å². The number of hydrogen-bond acceptors (Lipinski definition) is 1. The molecule has 0 aromatic carbocycles. The van der Waals surface area contributed by atoms with E-state index in [1.807, 2.05) is 13.8 Å². The Morgan fingerprint density at radius 3 is 1.54 bits per heavy atom. The van der Waals surface area contributed by atoms with E-state index >= 15 is 0 Å². The highest BCUT2D eigenvalue weighted by molar-refractivity contribution is 5.75. The highest BCUT2D eigenvalue weighted by Gasteiger charge is 2.37. The molecule has 0 atom stereocenters. The highest BCUT2D eigenvalue weighted by atomic mass is 16.1. The molecule has 76 valence electrons. The topological polar surface area (TPSA) is 17.1 Å². The van der Waals surface area contributed by atoms with Crippen molar-refractivity contribution < 1.29 is 4.79 Å². The van der Waals surface area contributed by atoms with Gasteiger partial charge in [-0.05, 0) is 50.4 Å². The van der Waals surface area contributed by atoms with E-state index in [2.05, 4.69) is 0 Å². The van der Waals surface area contributed by atoms with Gasteiger partial charge >= 0.3 is 0 Å². The van der Waals surface area contributed by atoms with E-state index in [0.29, 0.717) is 5.92 Å². The van der Waals surface area contributed by atoms with Crippen molar-refractivity contribution in [3.8, 4) is 0 Å². The third kappa shape index (κ3) is 3.50. The fraction of sp³-hybridized carbons (Fsp3) is 0.917. The lowest BCUT2D eigenvalue weighted by atomic mass is 9.60. The van der Waals surface area contributed by atoms with Gasteiger partial charge in [-0.25, -0.2) is 0 Å². The van der Waals surface area contributed by atoms with Gasteiger partial charge in [0.25, 0.3) is 0 Å². The SMILES string of the molecule is C1CC2CCC12.CC(=O)CC(C)C. The minimum Gasteiger partial charge on any atom is -0.300 e. The van der Waals surface area contributed by atoms with Crippen molar-refractivity contribution in [2.75, 3.05) is 0 Å². The first kappa shape index (κ1) is 10.7. The number of fused-ring (bicyclic) bond motifs is 1. The molecule has 2 fully saturated rings. The van der Waals surface area contributed by atoms with E-state index in [-0.39, 0.29) is 5.78 Å². The summed E-state index contributed by atoms with van der Waals surface area (Å²) in [6.07, 6.45) is 6.96. The third-order valence-corrected chi connectivity index (χ3v) is 3.18. The van der Waals surface area contributed by atoms with Crippen molar-refractivity contribution >= 4 is 5.78 Å². The summed E-state index contributed by atoms with van der Waals surface area (Å²) >= 11 is 0. The van der Waals surface area contributed by atoms with Crippen molar-refractivity contribution in [1.82, 2.24) is 0 Å². The molecule has 0 amide bonds. The van der Waals surface area contributed by atoms with Crippen molar-refractivity contribution in [3.63, 3.8) is 0 Å². The van der Waals surface area contributed by atoms with Crippen LogP contribution in [0.3, 0.4) is 0 Å². The van der Waals surface area contributed by atoms with E-state index in [0.717, 1.165) is 6.42 Å². The first-order valence-corrected chi connectivity index (χ1v) is 5.59. The lowest BCUT2D eigenvalue weighted by molar-refractivity contribution is -0.117. The van der Waals surface area contributed by atoms with Gasteiger partial charge < -0.3 is 4.79 Å². The van der Waals surface area contributed by atoms with Crippen LogP contribution in [-0.4, -0.2) is 5.78 Å². The van der Waals surface area contributed by atoms with Gasteiger partial charge in [0.05, 0.1) is 0 Å². The second-order valence-electron chi connectivity index (χ2n) is 4.97. The predicted molar refractivity (Wildman–Crippen MR) is 55.6 cm³/mol. The van der Waals surface area contributed by atoms with Gasteiger partial charge in [0.2, 0.25) is 0 Å². The van der Waals surface area contributed by atoms with Crippen molar-refractivity contribution in [3.05, 3.63) is 0 Å². The molecule has 0 radical (unpaired) electrons. The van der Waals surface area contributed by atoms with E-state index in [9.17, 15) is 4.79 Å². The smallest absolute Gasteiger partial charge is 0.130 e. The minimum atomic E-state index is 0.287. The third-order valence-electron chi connectivity index (χ3n) is 3.18. The zero-order valence-corrected chi connectivity index (χ0v) is 9.18. The number of ketones is 1. The molecular weight excluding hydrogens is 160 g/mol. The van der Waals surface area contributed by atoms with Gasteiger partial charge in [-0.3, -0.25) is 0 Å². The van der Waals surface area contributed by atoms with Crippen LogP contribution in [0.25, 0.3) is 0 Å². The Balaban J connectivity index is 0.000000130. The monoisotopic (exact) mass is 182 g/mol. The Morgan fingerprint density at radius 2 is 1.54 bits per heavy atom. The maximum Gasteiger partial charge on any atom is 0.130 e. The van der Waals surface area contributed by atoms with Gasteiger partial charge in [-0.1, -0.05) is 13.8 Å². The molecule has 2 saturated carbocycles. The molecule has 13 heavy (non-hydrogen) atoms. The zero-order valence-electron chi connectivity index (χ0n) is 9.18. The second kappa shape index (κ2) is 4.78. The van der Waals surface area contributed by atoms with E-state index < -0.39 is 0 Å². The number of carbonyl (C=O) groups excluding carboxylic acids is 1. The van der Waals surface area contributed by atoms with Crippen LogP contribution in [0.4, 0.5) is 0 Å². The van der Waals surface area contributed by atoms with Crippen molar-refractivity contribution in [1.29, 1.82) is 0 Å². The maximum absolute atomic E-state index is 10.3. The molecule has 0 aromatic rings. The quantitative estimate of drug-likeness (QED) is 0.639. The molecule has 0 aromatic heterocycles. The van der Waals surface area contributed by atoms with E-state index in [1.54, 1.807) is 32.6 Å². The summed E-state index contributed by atoms with van der Waals surface area (Å²) in [4.78, 5) is 10.3. The molecule has 1 heteroatoms. The Bertz CT molecular complexity index is 154. The number of rotatable bonds is 2. The van der Waals surface area contributed by atoms with Crippen LogP contribution in [0.5, 0.6) is 0 Å². The summed E-state index contributed by atoms with van der Waals surface area (Å²) in [5.74, 6) is 3.24. The largest absolute Gasteiger partial charge is 0.300 e. The molecule has 0 saturated heterocycles.